The summed E-state index contributed by atoms with van der Waals surface area (Å²) in [5.74, 6) is -0.696. The molecule has 0 saturated heterocycles. The van der Waals surface area contributed by atoms with Crippen molar-refractivity contribution in [2.45, 2.75) is 0 Å². The first-order chi connectivity index (χ1) is 8.31. The van der Waals surface area contributed by atoms with Crippen LogP contribution in [0.2, 0.25) is 0 Å². The van der Waals surface area contributed by atoms with Crippen LogP contribution in [0.3, 0.4) is 0 Å². The molecular weight excluding hydrogens is 200 g/mol. The zero-order chi connectivity index (χ0) is 13.8. The van der Waals surface area contributed by atoms with Crippen molar-refractivity contribution >= 4 is 5.97 Å². The molecule has 0 saturated carbocycles. The molecule has 5 heteroatoms. The normalized spacial score (nSPS) is 13.3. The van der Waals surface area contributed by atoms with Crippen LogP contribution in [-0.2, 0) is 4.79 Å². The fourth-order valence-corrected chi connectivity index (χ4v) is 0.967. The third kappa shape index (κ3) is 3.05. The SMILES string of the molecule is [2H]C([2H])([2H])Oc1ccc(OCC(=O)O)cc1OC. The summed E-state index contributed by atoms with van der Waals surface area (Å²) < 4.78 is 35.5. The van der Waals surface area contributed by atoms with Crippen LogP contribution in [-0.4, -0.2) is 31.8 Å². The van der Waals surface area contributed by atoms with Crippen molar-refractivity contribution in [2.75, 3.05) is 20.8 Å². The standard InChI is InChI=1S/C10H12O5/c1-13-8-4-3-7(5-9(8)14-2)15-6-10(11)12/h3-5H,6H2,1-2H3,(H,11,12)/i1D3. The third-order valence-electron chi connectivity index (χ3n) is 1.61. The lowest BCUT2D eigenvalue weighted by molar-refractivity contribution is -0.139. The first-order valence-corrected chi connectivity index (χ1v) is 4.03. The zero-order valence-electron chi connectivity index (χ0n) is 11.0. The minimum absolute atomic E-state index is 0.0279. The van der Waals surface area contributed by atoms with E-state index in [0.717, 1.165) is 0 Å². The lowest BCUT2D eigenvalue weighted by atomic mass is 10.3. The first-order valence-electron chi connectivity index (χ1n) is 5.53. The topological polar surface area (TPSA) is 65.0 Å². The predicted molar refractivity (Wildman–Crippen MR) is 52.7 cm³/mol. The number of ether oxygens (including phenoxy) is 3. The van der Waals surface area contributed by atoms with Crippen LogP contribution in [0.15, 0.2) is 18.2 Å². The fourth-order valence-electron chi connectivity index (χ4n) is 0.967. The molecule has 5 nitrogen and oxygen atoms in total. The van der Waals surface area contributed by atoms with Crippen molar-refractivity contribution in [3.63, 3.8) is 0 Å². The minimum Gasteiger partial charge on any atom is -0.493 e. The van der Waals surface area contributed by atoms with E-state index in [-0.39, 0.29) is 17.2 Å². The molecule has 1 aromatic carbocycles. The van der Waals surface area contributed by atoms with Crippen molar-refractivity contribution in [1.82, 2.24) is 0 Å². The van der Waals surface area contributed by atoms with Crippen molar-refractivity contribution in [1.29, 1.82) is 0 Å². The molecule has 0 bridgehead atoms. The number of methoxy groups -OCH3 is 2. The van der Waals surface area contributed by atoms with Gasteiger partial charge in [-0.05, 0) is 12.1 Å². The second-order valence-corrected chi connectivity index (χ2v) is 2.60. The summed E-state index contributed by atoms with van der Waals surface area (Å²) >= 11 is 0. The van der Waals surface area contributed by atoms with E-state index in [1.54, 1.807) is 0 Å². The summed E-state index contributed by atoms with van der Waals surface area (Å²) in [6, 6.07) is 4.08. The van der Waals surface area contributed by atoms with Crippen LogP contribution >= 0.6 is 0 Å². The van der Waals surface area contributed by atoms with Crippen molar-refractivity contribution in [3.05, 3.63) is 18.2 Å². The molecule has 82 valence electrons. The van der Waals surface area contributed by atoms with Crippen molar-refractivity contribution < 1.29 is 28.2 Å². The summed E-state index contributed by atoms with van der Waals surface area (Å²) in [5, 5.41) is 8.45. The molecule has 1 rings (SSSR count). The largest absolute Gasteiger partial charge is 0.493 e. The summed E-state index contributed by atoms with van der Waals surface area (Å²) in [6.45, 7) is -0.497. The van der Waals surface area contributed by atoms with Gasteiger partial charge in [0, 0.05) is 6.07 Å². The van der Waals surface area contributed by atoms with E-state index in [4.69, 9.17) is 23.4 Å². The van der Waals surface area contributed by atoms with Gasteiger partial charge in [0.1, 0.15) is 5.75 Å². The van der Waals surface area contributed by atoms with Crippen LogP contribution in [0.5, 0.6) is 17.2 Å². The van der Waals surface area contributed by atoms with Crippen LogP contribution in [0.1, 0.15) is 4.11 Å². The molecule has 0 aromatic heterocycles. The van der Waals surface area contributed by atoms with Crippen LogP contribution < -0.4 is 14.2 Å². The Labute approximate surface area is 91.4 Å². The van der Waals surface area contributed by atoms with E-state index in [2.05, 4.69) is 0 Å². The second kappa shape index (κ2) is 5.09. The van der Waals surface area contributed by atoms with Gasteiger partial charge in [-0.3, -0.25) is 0 Å². The fraction of sp³-hybridized carbons (Fsp3) is 0.300. The van der Waals surface area contributed by atoms with E-state index in [9.17, 15) is 4.79 Å². The van der Waals surface area contributed by atoms with Crippen molar-refractivity contribution in [2.24, 2.45) is 0 Å². The smallest absolute Gasteiger partial charge is 0.341 e. The van der Waals surface area contributed by atoms with E-state index >= 15 is 0 Å². The van der Waals surface area contributed by atoms with Crippen LogP contribution in [0.4, 0.5) is 0 Å². The van der Waals surface area contributed by atoms with Gasteiger partial charge in [-0.2, -0.15) is 0 Å². The van der Waals surface area contributed by atoms with Gasteiger partial charge in [0.05, 0.1) is 18.3 Å². The molecule has 0 heterocycles. The Kier molecular flexibility index (Phi) is 2.51. The average molecular weight is 215 g/mol. The molecule has 1 N–H and O–H groups in total. The highest BCUT2D eigenvalue weighted by Crippen LogP contribution is 2.30. The van der Waals surface area contributed by atoms with Gasteiger partial charge in [-0.15, -0.1) is 0 Å². The van der Waals surface area contributed by atoms with Gasteiger partial charge in [-0.25, -0.2) is 4.79 Å². The van der Waals surface area contributed by atoms with E-state index in [0.29, 0.717) is 0 Å². The van der Waals surface area contributed by atoms with Crippen LogP contribution in [0, 0.1) is 0 Å². The molecule has 15 heavy (non-hydrogen) atoms. The lowest BCUT2D eigenvalue weighted by Gasteiger charge is -2.09. The van der Waals surface area contributed by atoms with Crippen LogP contribution in [0.25, 0.3) is 0 Å². The highest BCUT2D eigenvalue weighted by atomic mass is 16.5. The molecular formula is C10H12O5. The number of aliphatic carboxylic acids is 1. The Morgan fingerprint density at radius 2 is 2.27 bits per heavy atom. The molecule has 1 aromatic rings. The molecule has 0 spiro atoms. The summed E-state index contributed by atoms with van der Waals surface area (Å²) in [4.78, 5) is 10.3. The van der Waals surface area contributed by atoms with Gasteiger partial charge in [0.2, 0.25) is 0 Å². The summed E-state index contributed by atoms with van der Waals surface area (Å²) in [6.07, 6.45) is 0. The van der Waals surface area contributed by atoms with Gasteiger partial charge >= 0.3 is 5.97 Å². The zero-order valence-corrected chi connectivity index (χ0v) is 8.02. The molecule has 0 aliphatic carbocycles. The average Bonchev–Trinajstić information content (AvgIpc) is 2.25. The number of benzene rings is 1. The highest BCUT2D eigenvalue weighted by Gasteiger charge is 2.06. The number of carboxylic acids is 1. The monoisotopic (exact) mass is 215 g/mol. The Morgan fingerprint density at radius 3 is 2.87 bits per heavy atom. The summed E-state index contributed by atoms with van der Waals surface area (Å²) in [5.41, 5.74) is 0. The molecule has 0 radical (unpaired) electrons. The van der Waals surface area contributed by atoms with Crippen molar-refractivity contribution in [3.8, 4) is 17.2 Å². The Balaban J connectivity index is 2.86. The molecule has 0 amide bonds. The van der Waals surface area contributed by atoms with Gasteiger partial charge in [-0.1, -0.05) is 0 Å². The summed E-state index contributed by atoms with van der Waals surface area (Å²) in [7, 11) is -1.25. The molecule has 0 unspecified atom stereocenters. The number of carbonyl (C=O) groups is 1. The lowest BCUT2D eigenvalue weighted by Crippen LogP contribution is -2.09. The minimum atomic E-state index is -2.59. The van der Waals surface area contributed by atoms with E-state index in [1.165, 1.54) is 25.3 Å². The quantitative estimate of drug-likeness (QED) is 0.798. The Bertz CT molecular complexity index is 430. The number of carboxylic acid groups (broad SMARTS) is 1. The van der Waals surface area contributed by atoms with E-state index in [1.807, 2.05) is 0 Å². The van der Waals surface area contributed by atoms with Gasteiger partial charge in [0.25, 0.3) is 0 Å². The molecule has 0 fully saturated rings. The first kappa shape index (κ1) is 7.39. The molecule has 0 atom stereocenters. The molecule has 0 aliphatic rings. The highest BCUT2D eigenvalue weighted by molar-refractivity contribution is 5.68. The predicted octanol–water partition coefficient (Wildman–Crippen LogP) is 1.17. The molecule has 0 aliphatic heterocycles. The van der Waals surface area contributed by atoms with Gasteiger partial charge < -0.3 is 19.3 Å². The number of hydrogen-bond acceptors (Lipinski definition) is 4. The Morgan fingerprint density at radius 1 is 1.47 bits per heavy atom. The third-order valence-corrected chi connectivity index (χ3v) is 1.61. The number of rotatable bonds is 5. The number of hydrogen-bond donors (Lipinski definition) is 1. The maximum absolute atomic E-state index is 10.3. The van der Waals surface area contributed by atoms with Gasteiger partial charge in [0.15, 0.2) is 18.1 Å². The Hall–Kier alpha value is -1.91. The van der Waals surface area contributed by atoms with E-state index < -0.39 is 19.6 Å². The maximum Gasteiger partial charge on any atom is 0.341 e. The second-order valence-electron chi connectivity index (χ2n) is 2.60. The maximum atomic E-state index is 10.3.